The summed E-state index contributed by atoms with van der Waals surface area (Å²) in [6.07, 6.45) is 2.31. The van der Waals surface area contributed by atoms with E-state index in [1.54, 1.807) is 6.07 Å². The summed E-state index contributed by atoms with van der Waals surface area (Å²) in [4.78, 5) is 10.6. The Balaban J connectivity index is 2.21. The molecule has 0 spiro atoms. The molecule has 1 heterocycles. The quantitative estimate of drug-likeness (QED) is 0.801. The number of carbonyl (C=O) groups excluding carboxylic acids is 1. The SMILES string of the molecule is O=CCc1c(F)cc(Br)cc1OC1CCOCC1. The van der Waals surface area contributed by atoms with Gasteiger partial charge in [0.25, 0.3) is 0 Å². The van der Waals surface area contributed by atoms with Gasteiger partial charge in [0, 0.05) is 29.3 Å². The molecule has 0 amide bonds. The van der Waals surface area contributed by atoms with Gasteiger partial charge in [0.15, 0.2) is 0 Å². The number of hydrogen-bond donors (Lipinski definition) is 0. The zero-order valence-electron chi connectivity index (χ0n) is 9.83. The number of hydrogen-bond acceptors (Lipinski definition) is 3. The maximum Gasteiger partial charge on any atom is 0.131 e. The molecule has 0 N–H and O–H groups in total. The number of aldehydes is 1. The van der Waals surface area contributed by atoms with Crippen molar-refractivity contribution in [2.24, 2.45) is 0 Å². The Kier molecular flexibility index (Phi) is 4.72. The van der Waals surface area contributed by atoms with Crippen LogP contribution in [0.3, 0.4) is 0 Å². The Labute approximate surface area is 113 Å². The molecule has 1 aliphatic rings. The Morgan fingerprint density at radius 3 is 2.83 bits per heavy atom. The lowest BCUT2D eigenvalue weighted by atomic mass is 10.1. The molecule has 0 unspecified atom stereocenters. The Morgan fingerprint density at radius 1 is 1.44 bits per heavy atom. The second-order valence-electron chi connectivity index (χ2n) is 4.16. The molecular formula is C13H14BrFO3. The molecule has 1 aliphatic heterocycles. The second-order valence-corrected chi connectivity index (χ2v) is 5.08. The van der Waals surface area contributed by atoms with E-state index >= 15 is 0 Å². The van der Waals surface area contributed by atoms with Crippen molar-refractivity contribution in [1.29, 1.82) is 0 Å². The van der Waals surface area contributed by atoms with E-state index in [-0.39, 0.29) is 12.5 Å². The van der Waals surface area contributed by atoms with Crippen LogP contribution in [0.4, 0.5) is 4.39 Å². The van der Waals surface area contributed by atoms with Gasteiger partial charge in [0.1, 0.15) is 24.0 Å². The Bertz CT molecular complexity index is 430. The normalized spacial score (nSPS) is 16.6. The molecule has 18 heavy (non-hydrogen) atoms. The first-order chi connectivity index (χ1) is 8.70. The molecule has 0 bridgehead atoms. The largest absolute Gasteiger partial charge is 0.490 e. The molecule has 1 aromatic rings. The van der Waals surface area contributed by atoms with Gasteiger partial charge in [0.05, 0.1) is 13.2 Å². The fraction of sp³-hybridized carbons (Fsp3) is 0.462. The highest BCUT2D eigenvalue weighted by atomic mass is 79.9. The minimum Gasteiger partial charge on any atom is -0.490 e. The summed E-state index contributed by atoms with van der Waals surface area (Å²) >= 11 is 3.23. The first kappa shape index (κ1) is 13.5. The van der Waals surface area contributed by atoms with Gasteiger partial charge in [-0.05, 0) is 12.1 Å². The number of ether oxygens (including phenoxy) is 2. The van der Waals surface area contributed by atoms with Crippen molar-refractivity contribution < 1.29 is 18.7 Å². The molecule has 2 rings (SSSR count). The van der Waals surface area contributed by atoms with Crippen LogP contribution in [0.5, 0.6) is 5.75 Å². The highest BCUT2D eigenvalue weighted by molar-refractivity contribution is 9.10. The standard InChI is InChI=1S/C13H14BrFO3/c14-9-7-12(15)11(1-4-16)13(8-9)18-10-2-5-17-6-3-10/h4,7-8,10H,1-3,5-6H2. The second kappa shape index (κ2) is 6.29. The predicted octanol–water partition coefficient (Wildman–Crippen LogP) is 2.89. The average molecular weight is 317 g/mol. The van der Waals surface area contributed by atoms with Crippen molar-refractivity contribution in [2.45, 2.75) is 25.4 Å². The maximum absolute atomic E-state index is 13.8. The Morgan fingerprint density at radius 2 is 2.17 bits per heavy atom. The van der Waals surface area contributed by atoms with Crippen molar-refractivity contribution >= 4 is 22.2 Å². The summed E-state index contributed by atoms with van der Waals surface area (Å²) in [6, 6.07) is 3.05. The highest BCUT2D eigenvalue weighted by Gasteiger charge is 2.19. The lowest BCUT2D eigenvalue weighted by Gasteiger charge is -2.24. The molecule has 0 aromatic heterocycles. The van der Waals surface area contributed by atoms with Crippen LogP contribution in [0.15, 0.2) is 16.6 Å². The van der Waals surface area contributed by atoms with E-state index in [0.717, 1.165) is 12.8 Å². The molecule has 5 heteroatoms. The molecule has 0 saturated carbocycles. The van der Waals surface area contributed by atoms with Gasteiger partial charge in [-0.15, -0.1) is 0 Å². The third kappa shape index (κ3) is 3.29. The van der Waals surface area contributed by atoms with Crippen LogP contribution in [0.1, 0.15) is 18.4 Å². The first-order valence-electron chi connectivity index (χ1n) is 5.86. The van der Waals surface area contributed by atoms with E-state index in [2.05, 4.69) is 15.9 Å². The van der Waals surface area contributed by atoms with Gasteiger partial charge in [-0.3, -0.25) is 0 Å². The summed E-state index contributed by atoms with van der Waals surface area (Å²) in [5, 5.41) is 0. The molecule has 1 saturated heterocycles. The van der Waals surface area contributed by atoms with E-state index in [0.29, 0.717) is 35.3 Å². The molecule has 1 fully saturated rings. The number of carbonyl (C=O) groups is 1. The van der Waals surface area contributed by atoms with E-state index in [1.807, 2.05) is 0 Å². The number of halogens is 2. The fourth-order valence-electron chi connectivity index (χ4n) is 1.94. The van der Waals surface area contributed by atoms with E-state index in [4.69, 9.17) is 9.47 Å². The van der Waals surface area contributed by atoms with Gasteiger partial charge in [-0.25, -0.2) is 4.39 Å². The number of rotatable bonds is 4. The summed E-state index contributed by atoms with van der Waals surface area (Å²) in [5.74, 6) is 0.0272. The van der Waals surface area contributed by atoms with Crippen LogP contribution in [0, 0.1) is 5.82 Å². The lowest BCUT2D eigenvalue weighted by molar-refractivity contribution is -0.107. The van der Waals surface area contributed by atoms with Crippen molar-refractivity contribution in [1.82, 2.24) is 0 Å². The zero-order valence-corrected chi connectivity index (χ0v) is 11.4. The molecule has 98 valence electrons. The van der Waals surface area contributed by atoms with Gasteiger partial charge in [-0.2, -0.15) is 0 Å². The third-order valence-corrected chi connectivity index (χ3v) is 3.33. The number of benzene rings is 1. The van der Waals surface area contributed by atoms with Crippen molar-refractivity contribution in [2.75, 3.05) is 13.2 Å². The van der Waals surface area contributed by atoms with E-state index in [9.17, 15) is 9.18 Å². The minimum atomic E-state index is -0.418. The fourth-order valence-corrected chi connectivity index (χ4v) is 2.35. The smallest absolute Gasteiger partial charge is 0.131 e. The molecule has 0 aliphatic carbocycles. The van der Waals surface area contributed by atoms with E-state index in [1.165, 1.54) is 6.07 Å². The maximum atomic E-state index is 13.8. The molecule has 3 nitrogen and oxygen atoms in total. The van der Waals surface area contributed by atoms with E-state index < -0.39 is 5.82 Å². The summed E-state index contributed by atoms with van der Waals surface area (Å²) in [5.41, 5.74) is 0.319. The van der Waals surface area contributed by atoms with Crippen LogP contribution in [0.2, 0.25) is 0 Å². The van der Waals surface area contributed by atoms with Gasteiger partial charge in [-0.1, -0.05) is 15.9 Å². The minimum absolute atomic E-state index is 0.0255. The first-order valence-corrected chi connectivity index (χ1v) is 6.66. The summed E-state index contributed by atoms with van der Waals surface area (Å²) < 4.78 is 25.4. The van der Waals surface area contributed by atoms with Crippen LogP contribution >= 0.6 is 15.9 Å². The van der Waals surface area contributed by atoms with Crippen LogP contribution in [-0.4, -0.2) is 25.6 Å². The van der Waals surface area contributed by atoms with Gasteiger partial charge in [0.2, 0.25) is 0 Å². The van der Waals surface area contributed by atoms with Crippen LogP contribution in [0.25, 0.3) is 0 Å². The molecule has 1 aromatic carbocycles. The van der Waals surface area contributed by atoms with Crippen LogP contribution in [-0.2, 0) is 16.0 Å². The molecular weight excluding hydrogens is 303 g/mol. The third-order valence-electron chi connectivity index (χ3n) is 2.87. The van der Waals surface area contributed by atoms with Gasteiger partial charge >= 0.3 is 0 Å². The van der Waals surface area contributed by atoms with Gasteiger partial charge < -0.3 is 14.3 Å². The highest BCUT2D eigenvalue weighted by Crippen LogP contribution is 2.29. The predicted molar refractivity (Wildman–Crippen MR) is 68.3 cm³/mol. The zero-order chi connectivity index (χ0) is 13.0. The van der Waals surface area contributed by atoms with Crippen molar-refractivity contribution in [3.63, 3.8) is 0 Å². The topological polar surface area (TPSA) is 35.5 Å². The molecule has 0 radical (unpaired) electrons. The molecule has 0 atom stereocenters. The summed E-state index contributed by atoms with van der Waals surface area (Å²) in [7, 11) is 0. The van der Waals surface area contributed by atoms with Crippen molar-refractivity contribution in [3.8, 4) is 5.75 Å². The monoisotopic (exact) mass is 316 g/mol. The van der Waals surface area contributed by atoms with Crippen LogP contribution < -0.4 is 4.74 Å². The lowest BCUT2D eigenvalue weighted by Crippen LogP contribution is -2.26. The van der Waals surface area contributed by atoms with Crippen molar-refractivity contribution in [3.05, 3.63) is 28.0 Å². The Hall–Kier alpha value is -0.940. The average Bonchev–Trinajstić information content (AvgIpc) is 2.35. The summed E-state index contributed by atoms with van der Waals surface area (Å²) in [6.45, 7) is 1.31.